The Balaban J connectivity index is 1.60. The summed E-state index contributed by atoms with van der Waals surface area (Å²) in [4.78, 5) is 13.5. The highest BCUT2D eigenvalue weighted by molar-refractivity contribution is 5.74. The Morgan fingerprint density at radius 2 is 1.94 bits per heavy atom. The summed E-state index contributed by atoms with van der Waals surface area (Å²) in [6.45, 7) is 0. The average Bonchev–Trinajstić information content (AvgIpc) is 3.11. The van der Waals surface area contributed by atoms with Crippen molar-refractivity contribution in [1.82, 2.24) is 14.8 Å². The van der Waals surface area contributed by atoms with E-state index in [0.29, 0.717) is 17.8 Å². The van der Waals surface area contributed by atoms with Gasteiger partial charge in [-0.2, -0.15) is 0 Å². The molecule has 1 aliphatic rings. The van der Waals surface area contributed by atoms with Crippen molar-refractivity contribution in [2.24, 2.45) is 7.05 Å². The minimum atomic E-state index is -2.67. The van der Waals surface area contributed by atoms with Crippen LogP contribution < -0.4 is 10.5 Å². The third kappa shape index (κ3) is 4.12. The van der Waals surface area contributed by atoms with Gasteiger partial charge in [0, 0.05) is 56.4 Å². The predicted octanol–water partition coefficient (Wildman–Crippen LogP) is 3.98. The molecule has 0 saturated heterocycles. The summed E-state index contributed by atoms with van der Waals surface area (Å²) in [5, 5.41) is 18.6. The lowest BCUT2D eigenvalue weighted by atomic mass is 10.0. The first-order valence-electron chi connectivity index (χ1n) is 9.79. The highest BCUT2D eigenvalue weighted by Gasteiger charge is 2.41. The van der Waals surface area contributed by atoms with Crippen LogP contribution in [0, 0.1) is 5.82 Å². The summed E-state index contributed by atoms with van der Waals surface area (Å²) in [6.07, 6.45) is 1.50. The Morgan fingerprint density at radius 1 is 1.16 bits per heavy atom. The van der Waals surface area contributed by atoms with Crippen molar-refractivity contribution in [2.45, 2.75) is 31.2 Å². The zero-order valence-electron chi connectivity index (χ0n) is 17.0. The molecule has 0 radical (unpaired) electrons. The zero-order valence-corrected chi connectivity index (χ0v) is 17.0. The van der Waals surface area contributed by atoms with Gasteiger partial charge in [-0.15, -0.1) is 10.2 Å². The van der Waals surface area contributed by atoms with Crippen LogP contribution in [0.15, 0.2) is 47.4 Å². The van der Waals surface area contributed by atoms with Crippen LogP contribution >= 0.6 is 0 Å². The Labute approximate surface area is 176 Å². The molecule has 31 heavy (non-hydrogen) atoms. The number of nitrogens with zero attached hydrogens (tertiary/aromatic N) is 4. The second-order valence-electron chi connectivity index (χ2n) is 7.85. The van der Waals surface area contributed by atoms with Gasteiger partial charge in [0.15, 0.2) is 5.82 Å². The van der Waals surface area contributed by atoms with Crippen LogP contribution in [0.2, 0.25) is 0 Å². The third-order valence-corrected chi connectivity index (χ3v) is 5.71. The molecular formula is C22H21F3N4O2. The Morgan fingerprint density at radius 3 is 2.55 bits per heavy atom. The number of aryl methyl sites for hydroxylation is 1. The molecule has 1 N–H and O–H groups in total. The SMILES string of the molecule is CN(c1ccc(-c2cc(F)c(-c3ccn(C)c(=O)c3)cc2O)nn1)[C@@H]1CCC(F)(F)C1. The largest absolute Gasteiger partial charge is 0.507 e. The lowest BCUT2D eigenvalue weighted by molar-refractivity contribution is 0.00786. The van der Waals surface area contributed by atoms with Crippen molar-refractivity contribution in [1.29, 1.82) is 0 Å². The van der Waals surface area contributed by atoms with Crippen molar-refractivity contribution in [3.8, 4) is 28.1 Å². The summed E-state index contributed by atoms with van der Waals surface area (Å²) in [7, 11) is 3.27. The van der Waals surface area contributed by atoms with Gasteiger partial charge in [-0.05, 0) is 42.3 Å². The average molecular weight is 430 g/mol. The van der Waals surface area contributed by atoms with Gasteiger partial charge in [0.25, 0.3) is 5.56 Å². The van der Waals surface area contributed by atoms with Gasteiger partial charge in [-0.25, -0.2) is 13.2 Å². The molecule has 6 nitrogen and oxygen atoms in total. The van der Waals surface area contributed by atoms with Gasteiger partial charge in [0.05, 0.1) is 5.69 Å². The van der Waals surface area contributed by atoms with E-state index in [4.69, 9.17) is 0 Å². The fourth-order valence-electron chi connectivity index (χ4n) is 3.81. The maximum atomic E-state index is 14.8. The molecule has 1 aromatic carbocycles. The number of phenols is 1. The van der Waals surface area contributed by atoms with E-state index in [1.54, 1.807) is 37.2 Å². The maximum Gasteiger partial charge on any atom is 0.250 e. The maximum absolute atomic E-state index is 14.8. The molecule has 9 heteroatoms. The van der Waals surface area contributed by atoms with Gasteiger partial charge in [-0.1, -0.05) is 0 Å². The van der Waals surface area contributed by atoms with E-state index in [-0.39, 0.29) is 47.0 Å². The Hall–Kier alpha value is -3.36. The summed E-state index contributed by atoms with van der Waals surface area (Å²) < 4.78 is 43.1. The monoisotopic (exact) mass is 430 g/mol. The van der Waals surface area contributed by atoms with Crippen molar-refractivity contribution in [2.75, 3.05) is 11.9 Å². The van der Waals surface area contributed by atoms with Crippen molar-refractivity contribution >= 4 is 5.82 Å². The second kappa shape index (κ2) is 7.72. The number of aromatic hydroxyl groups is 1. The number of halogens is 3. The molecule has 0 aliphatic heterocycles. The number of phenolic OH excluding ortho intramolecular Hbond substituents is 1. The number of hydrogen-bond acceptors (Lipinski definition) is 5. The first-order chi connectivity index (χ1) is 14.6. The zero-order chi connectivity index (χ0) is 22.3. The van der Waals surface area contributed by atoms with E-state index < -0.39 is 11.7 Å². The molecule has 1 saturated carbocycles. The molecule has 1 atom stereocenters. The molecule has 0 amide bonds. The van der Waals surface area contributed by atoms with Crippen LogP contribution in [0.5, 0.6) is 5.75 Å². The molecule has 4 rings (SSSR count). The summed E-state index contributed by atoms with van der Waals surface area (Å²) >= 11 is 0. The molecule has 0 unspecified atom stereocenters. The summed E-state index contributed by atoms with van der Waals surface area (Å²) in [5.74, 6) is -3.09. The van der Waals surface area contributed by atoms with Gasteiger partial charge in [-0.3, -0.25) is 4.79 Å². The number of anilines is 1. The van der Waals surface area contributed by atoms with Crippen LogP contribution in [-0.2, 0) is 7.05 Å². The molecule has 0 bridgehead atoms. The minimum Gasteiger partial charge on any atom is -0.507 e. The molecule has 162 valence electrons. The Bertz CT molecular complexity index is 1180. The first-order valence-corrected chi connectivity index (χ1v) is 9.79. The molecule has 3 aromatic rings. The number of benzene rings is 1. The second-order valence-corrected chi connectivity index (χ2v) is 7.85. The van der Waals surface area contributed by atoms with Crippen LogP contribution in [0.4, 0.5) is 19.0 Å². The van der Waals surface area contributed by atoms with Crippen molar-refractivity contribution in [3.05, 3.63) is 58.8 Å². The fourth-order valence-corrected chi connectivity index (χ4v) is 3.81. The number of aromatic nitrogens is 3. The standard InChI is InChI=1S/C22H21F3N4O2/c1-28-8-6-13(9-21(28)31)15-11-19(30)16(10-17(15)23)18-3-4-20(27-26-18)29(2)14-5-7-22(24,25)12-14/h3-4,6,8-11,14,30H,5,7,12H2,1-2H3/t14-/m1/s1. The van der Waals surface area contributed by atoms with Crippen molar-refractivity contribution < 1.29 is 18.3 Å². The van der Waals surface area contributed by atoms with E-state index in [0.717, 1.165) is 6.07 Å². The highest BCUT2D eigenvalue weighted by Crippen LogP contribution is 2.38. The van der Waals surface area contributed by atoms with Gasteiger partial charge >= 0.3 is 0 Å². The molecule has 0 spiro atoms. The van der Waals surface area contributed by atoms with Gasteiger partial charge < -0.3 is 14.6 Å². The smallest absolute Gasteiger partial charge is 0.250 e. The van der Waals surface area contributed by atoms with E-state index in [9.17, 15) is 23.1 Å². The third-order valence-electron chi connectivity index (χ3n) is 5.71. The predicted molar refractivity (Wildman–Crippen MR) is 111 cm³/mol. The van der Waals surface area contributed by atoms with E-state index >= 15 is 0 Å². The van der Waals surface area contributed by atoms with Crippen LogP contribution in [0.3, 0.4) is 0 Å². The molecule has 2 aromatic heterocycles. The van der Waals surface area contributed by atoms with Crippen molar-refractivity contribution in [3.63, 3.8) is 0 Å². The number of hydrogen-bond donors (Lipinski definition) is 1. The summed E-state index contributed by atoms with van der Waals surface area (Å²) in [6, 6.07) is 8.06. The lowest BCUT2D eigenvalue weighted by Crippen LogP contribution is -2.31. The van der Waals surface area contributed by atoms with Crippen LogP contribution in [0.1, 0.15) is 19.3 Å². The fraction of sp³-hybridized carbons (Fsp3) is 0.318. The summed E-state index contributed by atoms with van der Waals surface area (Å²) in [5.41, 5.74) is 0.510. The molecule has 1 fully saturated rings. The van der Waals surface area contributed by atoms with Crippen LogP contribution in [-0.4, -0.2) is 38.9 Å². The Kier molecular flexibility index (Phi) is 5.20. The number of rotatable bonds is 4. The van der Waals surface area contributed by atoms with Gasteiger partial charge in [0.2, 0.25) is 5.92 Å². The molecular weight excluding hydrogens is 409 g/mol. The first kappa shape index (κ1) is 20.9. The number of pyridine rings is 1. The topological polar surface area (TPSA) is 71.2 Å². The number of alkyl halides is 2. The molecule has 1 aliphatic carbocycles. The normalized spacial score (nSPS) is 17.6. The molecule has 2 heterocycles. The lowest BCUT2D eigenvalue weighted by Gasteiger charge is -2.25. The van der Waals surface area contributed by atoms with Crippen LogP contribution in [0.25, 0.3) is 22.4 Å². The van der Waals surface area contributed by atoms with E-state index in [1.165, 1.54) is 22.9 Å². The minimum absolute atomic E-state index is 0.0884. The van der Waals surface area contributed by atoms with E-state index in [2.05, 4.69) is 10.2 Å². The quantitative estimate of drug-likeness (QED) is 0.678. The van der Waals surface area contributed by atoms with E-state index in [1.807, 2.05) is 0 Å². The van der Waals surface area contributed by atoms with Gasteiger partial charge in [0.1, 0.15) is 11.6 Å². The highest BCUT2D eigenvalue weighted by atomic mass is 19.3.